The topological polar surface area (TPSA) is 66.4 Å². The Morgan fingerprint density at radius 2 is 1.61 bits per heavy atom. The van der Waals surface area contributed by atoms with Crippen LogP contribution in [0.4, 0.5) is 0 Å². The SMILES string of the molecule is CCc1ccc(S(=O)(=O)NCC2(O)Cc3ccccc3C2)cc1. The molecule has 0 saturated heterocycles. The van der Waals surface area contributed by atoms with Crippen molar-refractivity contribution >= 4 is 10.0 Å². The van der Waals surface area contributed by atoms with Crippen LogP contribution in [0.5, 0.6) is 0 Å². The predicted octanol–water partition coefficient (Wildman–Crippen LogP) is 2.06. The van der Waals surface area contributed by atoms with E-state index >= 15 is 0 Å². The van der Waals surface area contributed by atoms with Crippen molar-refractivity contribution in [2.75, 3.05) is 6.54 Å². The molecule has 0 saturated carbocycles. The van der Waals surface area contributed by atoms with E-state index in [2.05, 4.69) is 4.72 Å². The third-order valence-electron chi connectivity index (χ3n) is 4.39. The molecule has 0 amide bonds. The van der Waals surface area contributed by atoms with Gasteiger partial charge in [-0.05, 0) is 35.2 Å². The minimum Gasteiger partial charge on any atom is -0.388 e. The molecule has 0 fully saturated rings. The fraction of sp³-hybridized carbons (Fsp3) is 0.333. The summed E-state index contributed by atoms with van der Waals surface area (Å²) in [4.78, 5) is 0.230. The van der Waals surface area contributed by atoms with Crippen molar-refractivity contribution in [3.63, 3.8) is 0 Å². The zero-order chi connectivity index (χ0) is 16.5. The average molecular weight is 331 g/mol. The van der Waals surface area contributed by atoms with Crippen LogP contribution in [0.25, 0.3) is 0 Å². The van der Waals surface area contributed by atoms with Crippen molar-refractivity contribution in [3.05, 3.63) is 65.2 Å². The first kappa shape index (κ1) is 16.2. The predicted molar refractivity (Wildman–Crippen MR) is 89.8 cm³/mol. The molecule has 0 aliphatic heterocycles. The van der Waals surface area contributed by atoms with Crippen LogP contribution in [-0.4, -0.2) is 25.7 Å². The number of benzene rings is 2. The lowest BCUT2D eigenvalue weighted by molar-refractivity contribution is 0.0567. The summed E-state index contributed by atoms with van der Waals surface area (Å²) in [5, 5.41) is 10.7. The average Bonchev–Trinajstić information content (AvgIpc) is 2.90. The van der Waals surface area contributed by atoms with Gasteiger partial charge in [0, 0.05) is 19.4 Å². The second-order valence-corrected chi connectivity index (χ2v) is 7.94. The summed E-state index contributed by atoms with van der Waals surface area (Å²) in [6, 6.07) is 14.7. The lowest BCUT2D eigenvalue weighted by atomic mass is 10.0. The van der Waals surface area contributed by atoms with Gasteiger partial charge < -0.3 is 5.11 Å². The van der Waals surface area contributed by atoms with Crippen LogP contribution < -0.4 is 4.72 Å². The molecule has 2 aromatic rings. The molecule has 23 heavy (non-hydrogen) atoms. The third-order valence-corrected chi connectivity index (χ3v) is 5.81. The summed E-state index contributed by atoms with van der Waals surface area (Å²) in [6.45, 7) is 2.04. The Morgan fingerprint density at radius 1 is 1.04 bits per heavy atom. The lowest BCUT2D eigenvalue weighted by Gasteiger charge is -2.22. The molecule has 2 aromatic carbocycles. The van der Waals surface area contributed by atoms with Gasteiger partial charge in [0.1, 0.15) is 0 Å². The molecule has 0 aromatic heterocycles. The number of sulfonamides is 1. The smallest absolute Gasteiger partial charge is 0.240 e. The summed E-state index contributed by atoms with van der Waals surface area (Å²) in [6.07, 6.45) is 1.81. The van der Waals surface area contributed by atoms with Crippen molar-refractivity contribution in [3.8, 4) is 0 Å². The lowest BCUT2D eigenvalue weighted by Crippen LogP contribution is -2.43. The van der Waals surface area contributed by atoms with E-state index in [1.807, 2.05) is 43.3 Å². The Balaban J connectivity index is 1.70. The van der Waals surface area contributed by atoms with Gasteiger partial charge in [0.05, 0.1) is 10.5 Å². The van der Waals surface area contributed by atoms with Crippen LogP contribution in [-0.2, 0) is 29.3 Å². The molecular weight excluding hydrogens is 310 g/mol. The van der Waals surface area contributed by atoms with Crippen LogP contribution in [0, 0.1) is 0 Å². The van der Waals surface area contributed by atoms with Crippen molar-refractivity contribution in [2.45, 2.75) is 36.7 Å². The maximum Gasteiger partial charge on any atom is 0.240 e. The first-order valence-corrected chi connectivity index (χ1v) is 9.28. The summed E-state index contributed by atoms with van der Waals surface area (Å²) in [7, 11) is -3.61. The van der Waals surface area contributed by atoms with Crippen LogP contribution in [0.3, 0.4) is 0 Å². The molecule has 0 bridgehead atoms. The number of fused-ring (bicyclic) bond motifs is 1. The number of rotatable bonds is 5. The molecule has 2 N–H and O–H groups in total. The first-order chi connectivity index (χ1) is 10.9. The van der Waals surface area contributed by atoms with Gasteiger partial charge in [0.25, 0.3) is 0 Å². The molecule has 0 spiro atoms. The highest BCUT2D eigenvalue weighted by atomic mass is 32.2. The van der Waals surface area contributed by atoms with Gasteiger partial charge in [-0.2, -0.15) is 0 Å². The van der Waals surface area contributed by atoms with Gasteiger partial charge in [-0.3, -0.25) is 0 Å². The van der Waals surface area contributed by atoms with Crippen LogP contribution in [0.15, 0.2) is 53.4 Å². The summed E-state index contributed by atoms with van der Waals surface area (Å²) in [5.41, 5.74) is 2.21. The van der Waals surface area contributed by atoms with Gasteiger partial charge in [-0.15, -0.1) is 0 Å². The highest BCUT2D eigenvalue weighted by Crippen LogP contribution is 2.29. The van der Waals surface area contributed by atoms with E-state index in [9.17, 15) is 13.5 Å². The first-order valence-electron chi connectivity index (χ1n) is 7.80. The number of aryl methyl sites for hydroxylation is 1. The molecule has 0 radical (unpaired) electrons. The van der Waals surface area contributed by atoms with Gasteiger partial charge >= 0.3 is 0 Å². The van der Waals surface area contributed by atoms with Gasteiger partial charge in [0.2, 0.25) is 10.0 Å². The van der Waals surface area contributed by atoms with Crippen LogP contribution >= 0.6 is 0 Å². The van der Waals surface area contributed by atoms with Crippen molar-refractivity contribution in [1.82, 2.24) is 4.72 Å². The van der Waals surface area contributed by atoms with Crippen molar-refractivity contribution in [1.29, 1.82) is 0 Å². The fourth-order valence-corrected chi connectivity index (χ4v) is 4.14. The fourth-order valence-electron chi connectivity index (χ4n) is 3.02. The highest BCUT2D eigenvalue weighted by molar-refractivity contribution is 7.89. The summed E-state index contributed by atoms with van der Waals surface area (Å²) >= 11 is 0. The van der Waals surface area contributed by atoms with E-state index < -0.39 is 15.6 Å². The molecule has 1 aliphatic rings. The largest absolute Gasteiger partial charge is 0.388 e. The number of hydrogen-bond acceptors (Lipinski definition) is 3. The molecule has 0 heterocycles. The van der Waals surface area contributed by atoms with E-state index in [4.69, 9.17) is 0 Å². The monoisotopic (exact) mass is 331 g/mol. The third kappa shape index (κ3) is 3.47. The van der Waals surface area contributed by atoms with Crippen LogP contribution in [0.1, 0.15) is 23.6 Å². The molecule has 3 rings (SSSR count). The molecule has 0 unspecified atom stereocenters. The second-order valence-electron chi connectivity index (χ2n) is 6.17. The van der Waals surface area contributed by atoms with Gasteiger partial charge in [-0.1, -0.05) is 43.3 Å². The molecule has 4 nitrogen and oxygen atoms in total. The Kier molecular flexibility index (Phi) is 4.27. The van der Waals surface area contributed by atoms with Crippen molar-refractivity contribution in [2.24, 2.45) is 0 Å². The van der Waals surface area contributed by atoms with Gasteiger partial charge in [-0.25, -0.2) is 13.1 Å². The zero-order valence-electron chi connectivity index (χ0n) is 13.1. The Labute approximate surface area is 137 Å². The standard InChI is InChI=1S/C18H21NO3S/c1-2-14-7-9-17(10-8-14)23(21,22)19-13-18(20)11-15-5-3-4-6-16(15)12-18/h3-10,19-20H,2,11-13H2,1H3. The summed E-state index contributed by atoms with van der Waals surface area (Å²) < 4.78 is 27.3. The minimum atomic E-state index is -3.61. The maximum atomic E-state index is 12.4. The van der Waals surface area contributed by atoms with Gasteiger partial charge in [0.15, 0.2) is 0 Å². The molecule has 5 heteroatoms. The molecule has 122 valence electrons. The number of hydrogen-bond donors (Lipinski definition) is 2. The molecular formula is C18H21NO3S. The molecule has 0 atom stereocenters. The van der Waals surface area contributed by atoms with E-state index in [0.717, 1.165) is 23.1 Å². The summed E-state index contributed by atoms with van der Waals surface area (Å²) in [5.74, 6) is 0. The Morgan fingerprint density at radius 3 is 2.13 bits per heavy atom. The highest BCUT2D eigenvalue weighted by Gasteiger charge is 2.36. The zero-order valence-corrected chi connectivity index (χ0v) is 13.9. The normalized spacial score (nSPS) is 16.3. The Hall–Kier alpha value is -1.69. The van der Waals surface area contributed by atoms with E-state index in [0.29, 0.717) is 12.8 Å². The minimum absolute atomic E-state index is 0.0134. The van der Waals surface area contributed by atoms with E-state index in [1.165, 1.54) is 0 Å². The quantitative estimate of drug-likeness (QED) is 0.881. The van der Waals surface area contributed by atoms with E-state index in [1.54, 1.807) is 12.1 Å². The maximum absolute atomic E-state index is 12.4. The second kappa shape index (κ2) is 6.07. The van der Waals surface area contributed by atoms with Crippen molar-refractivity contribution < 1.29 is 13.5 Å². The van der Waals surface area contributed by atoms with Crippen LogP contribution in [0.2, 0.25) is 0 Å². The number of nitrogens with one attached hydrogen (secondary N) is 1. The Bertz CT molecular complexity index is 772. The van der Waals surface area contributed by atoms with E-state index in [-0.39, 0.29) is 11.4 Å². The molecule has 1 aliphatic carbocycles. The number of aliphatic hydroxyl groups is 1.